The second-order valence-electron chi connectivity index (χ2n) is 6.28. The van der Waals surface area contributed by atoms with Crippen molar-refractivity contribution >= 4 is 33.7 Å². The number of halogens is 1. The number of nitrogens with one attached hydrogen (secondary N) is 2. The third kappa shape index (κ3) is 5.67. The van der Waals surface area contributed by atoms with Crippen molar-refractivity contribution in [3.63, 3.8) is 0 Å². The molecule has 6 nitrogen and oxygen atoms in total. The summed E-state index contributed by atoms with van der Waals surface area (Å²) in [5.74, 6) is -2.01. The molecule has 0 fully saturated rings. The van der Waals surface area contributed by atoms with Gasteiger partial charge < -0.3 is 15.7 Å². The number of amides is 2. The highest BCUT2D eigenvalue weighted by atomic mass is 79.9. The molecule has 23 heavy (non-hydrogen) atoms. The molecule has 2 amide bonds. The monoisotopic (exact) mass is 384 g/mol. The Morgan fingerprint density at radius 1 is 1.09 bits per heavy atom. The van der Waals surface area contributed by atoms with Crippen molar-refractivity contribution in [2.24, 2.45) is 5.41 Å². The molecule has 0 aliphatic rings. The van der Waals surface area contributed by atoms with Gasteiger partial charge in [-0.05, 0) is 24.6 Å². The third-order valence-corrected chi connectivity index (χ3v) is 3.69. The predicted octanol–water partition coefficient (Wildman–Crippen LogP) is 2.24. The highest BCUT2D eigenvalue weighted by Crippen LogP contribution is 2.18. The summed E-state index contributed by atoms with van der Waals surface area (Å²) in [6.45, 7) is 6.71. The maximum absolute atomic E-state index is 12.2. The van der Waals surface area contributed by atoms with Gasteiger partial charge in [-0.3, -0.25) is 9.59 Å². The lowest BCUT2D eigenvalue weighted by Crippen LogP contribution is -2.49. The summed E-state index contributed by atoms with van der Waals surface area (Å²) >= 11 is 3.27. The largest absolute Gasteiger partial charge is 0.479 e. The molecule has 7 heteroatoms. The third-order valence-electron chi connectivity index (χ3n) is 3.16. The van der Waals surface area contributed by atoms with Crippen LogP contribution in [0.3, 0.4) is 0 Å². The number of rotatable bonds is 5. The Hall–Kier alpha value is -1.89. The fourth-order valence-corrected chi connectivity index (χ4v) is 1.95. The minimum absolute atomic E-state index is 0.282. The molecule has 2 unspecified atom stereocenters. The number of hydrogen-bond acceptors (Lipinski definition) is 3. The lowest BCUT2D eigenvalue weighted by atomic mass is 9.95. The van der Waals surface area contributed by atoms with E-state index < -0.39 is 29.4 Å². The van der Waals surface area contributed by atoms with Crippen molar-refractivity contribution in [3.8, 4) is 0 Å². The smallest absolute Gasteiger partial charge is 0.330 e. The summed E-state index contributed by atoms with van der Waals surface area (Å²) in [6.07, 6.45) is 0. The molecule has 0 aliphatic heterocycles. The molecule has 1 aromatic carbocycles. The molecule has 0 aromatic heterocycles. The Bertz CT molecular complexity index is 593. The van der Waals surface area contributed by atoms with Gasteiger partial charge in [0.05, 0.1) is 0 Å². The Morgan fingerprint density at radius 2 is 1.61 bits per heavy atom. The standard InChI is InChI=1S/C16H21BrN2O4/c1-9(18-15(23)16(2,3)4)13(20)19-12(14(21)22)10-5-7-11(17)8-6-10/h5-9,12H,1-4H3,(H,18,23)(H,19,20)(H,21,22). The first kappa shape index (κ1) is 19.2. The number of carboxylic acid groups (broad SMARTS) is 1. The van der Waals surface area contributed by atoms with Crippen molar-refractivity contribution in [3.05, 3.63) is 34.3 Å². The molecule has 0 aliphatic carbocycles. The molecule has 3 N–H and O–H groups in total. The van der Waals surface area contributed by atoms with E-state index in [0.717, 1.165) is 4.47 Å². The molecule has 1 rings (SSSR count). The van der Waals surface area contributed by atoms with E-state index in [0.29, 0.717) is 5.56 Å². The summed E-state index contributed by atoms with van der Waals surface area (Å²) in [6, 6.07) is 4.61. The summed E-state index contributed by atoms with van der Waals surface area (Å²) in [7, 11) is 0. The van der Waals surface area contributed by atoms with Gasteiger partial charge in [0.2, 0.25) is 11.8 Å². The summed E-state index contributed by atoms with van der Waals surface area (Å²) < 4.78 is 0.808. The van der Waals surface area contributed by atoms with E-state index in [1.165, 1.54) is 6.92 Å². The van der Waals surface area contributed by atoms with Crippen LogP contribution in [0.2, 0.25) is 0 Å². The van der Waals surface area contributed by atoms with E-state index in [-0.39, 0.29) is 5.91 Å². The van der Waals surface area contributed by atoms with Crippen molar-refractivity contribution in [1.29, 1.82) is 0 Å². The average Bonchev–Trinajstić information content (AvgIpc) is 2.44. The lowest BCUT2D eigenvalue weighted by Gasteiger charge is -2.23. The first-order chi connectivity index (χ1) is 10.5. The summed E-state index contributed by atoms with van der Waals surface area (Å²) in [5.41, 5.74) is -0.185. The molecule has 0 heterocycles. The number of carbonyl (C=O) groups excluding carboxylic acids is 2. The van der Waals surface area contributed by atoms with Crippen LogP contribution in [0.4, 0.5) is 0 Å². The van der Waals surface area contributed by atoms with E-state index in [1.54, 1.807) is 45.0 Å². The van der Waals surface area contributed by atoms with Gasteiger partial charge in [0, 0.05) is 9.89 Å². The highest BCUT2D eigenvalue weighted by molar-refractivity contribution is 9.10. The number of carboxylic acids is 1. The van der Waals surface area contributed by atoms with Crippen LogP contribution in [0, 0.1) is 5.41 Å². The van der Waals surface area contributed by atoms with E-state index in [9.17, 15) is 19.5 Å². The van der Waals surface area contributed by atoms with Gasteiger partial charge in [-0.25, -0.2) is 4.79 Å². The number of aliphatic carboxylic acids is 1. The molecule has 0 saturated carbocycles. The van der Waals surface area contributed by atoms with Gasteiger partial charge in [-0.2, -0.15) is 0 Å². The molecule has 1 aromatic rings. The molecule has 0 bridgehead atoms. The van der Waals surface area contributed by atoms with Gasteiger partial charge in [-0.1, -0.05) is 48.8 Å². The van der Waals surface area contributed by atoms with E-state index >= 15 is 0 Å². The second-order valence-corrected chi connectivity index (χ2v) is 7.19. The van der Waals surface area contributed by atoms with Gasteiger partial charge in [0.25, 0.3) is 0 Å². The van der Waals surface area contributed by atoms with Crippen LogP contribution in [0.25, 0.3) is 0 Å². The van der Waals surface area contributed by atoms with E-state index in [2.05, 4.69) is 26.6 Å². The van der Waals surface area contributed by atoms with Crippen LogP contribution >= 0.6 is 15.9 Å². The number of benzene rings is 1. The second kappa shape index (κ2) is 7.59. The van der Waals surface area contributed by atoms with Crippen molar-refractivity contribution in [1.82, 2.24) is 10.6 Å². The Labute approximate surface area is 143 Å². The van der Waals surface area contributed by atoms with Crippen LogP contribution in [0.5, 0.6) is 0 Å². The quantitative estimate of drug-likeness (QED) is 0.725. The van der Waals surface area contributed by atoms with Crippen molar-refractivity contribution in [2.45, 2.75) is 39.8 Å². The van der Waals surface area contributed by atoms with Gasteiger partial charge in [0.1, 0.15) is 6.04 Å². The van der Waals surface area contributed by atoms with E-state index in [1.807, 2.05) is 0 Å². The predicted molar refractivity (Wildman–Crippen MR) is 89.7 cm³/mol. The molecule has 0 spiro atoms. The Balaban J connectivity index is 2.80. The zero-order valence-corrected chi connectivity index (χ0v) is 15.1. The minimum Gasteiger partial charge on any atom is -0.479 e. The van der Waals surface area contributed by atoms with E-state index in [4.69, 9.17) is 0 Å². The summed E-state index contributed by atoms with van der Waals surface area (Å²) in [5, 5.41) is 14.3. The Kier molecular flexibility index (Phi) is 6.32. The van der Waals surface area contributed by atoms with Crippen molar-refractivity contribution < 1.29 is 19.5 Å². The normalized spacial score (nSPS) is 13.8. The Morgan fingerprint density at radius 3 is 2.04 bits per heavy atom. The molecule has 0 saturated heterocycles. The maximum Gasteiger partial charge on any atom is 0.330 e. The molecular weight excluding hydrogens is 364 g/mol. The topological polar surface area (TPSA) is 95.5 Å². The molecule has 0 radical (unpaired) electrons. The number of hydrogen-bond donors (Lipinski definition) is 3. The zero-order valence-electron chi connectivity index (χ0n) is 13.5. The van der Waals surface area contributed by atoms with Crippen LogP contribution in [-0.4, -0.2) is 28.9 Å². The van der Waals surface area contributed by atoms with Crippen LogP contribution in [-0.2, 0) is 14.4 Å². The fraction of sp³-hybridized carbons (Fsp3) is 0.438. The van der Waals surface area contributed by atoms with Crippen LogP contribution in [0.1, 0.15) is 39.3 Å². The lowest BCUT2D eigenvalue weighted by molar-refractivity contribution is -0.142. The fourth-order valence-electron chi connectivity index (χ4n) is 1.69. The first-order valence-electron chi connectivity index (χ1n) is 7.12. The average molecular weight is 385 g/mol. The molecule has 2 atom stereocenters. The molecule has 126 valence electrons. The maximum atomic E-state index is 12.2. The van der Waals surface area contributed by atoms with Gasteiger partial charge in [0.15, 0.2) is 6.04 Å². The first-order valence-corrected chi connectivity index (χ1v) is 7.91. The van der Waals surface area contributed by atoms with Crippen LogP contribution < -0.4 is 10.6 Å². The molecular formula is C16H21BrN2O4. The summed E-state index contributed by atoms with van der Waals surface area (Å²) in [4.78, 5) is 35.5. The SMILES string of the molecule is CC(NC(=O)C(C)(C)C)C(=O)NC(C(=O)O)c1ccc(Br)cc1. The highest BCUT2D eigenvalue weighted by Gasteiger charge is 2.28. The number of carbonyl (C=O) groups is 3. The van der Waals surface area contributed by atoms with Crippen molar-refractivity contribution in [2.75, 3.05) is 0 Å². The van der Waals surface area contributed by atoms with Crippen LogP contribution in [0.15, 0.2) is 28.7 Å². The van der Waals surface area contributed by atoms with Gasteiger partial charge in [-0.15, -0.1) is 0 Å². The zero-order chi connectivity index (χ0) is 17.8. The van der Waals surface area contributed by atoms with Gasteiger partial charge >= 0.3 is 5.97 Å². The minimum atomic E-state index is -1.18.